The van der Waals surface area contributed by atoms with Gasteiger partial charge in [0.2, 0.25) is 0 Å². The van der Waals surface area contributed by atoms with Gasteiger partial charge in [-0.3, -0.25) is 0 Å². The molecule has 9 heteroatoms. The summed E-state index contributed by atoms with van der Waals surface area (Å²) in [6.45, 7) is 0. The van der Waals surface area contributed by atoms with Gasteiger partial charge in [-0.1, -0.05) is 12.1 Å². The number of rotatable bonds is 4. The van der Waals surface area contributed by atoms with Gasteiger partial charge in [-0.05, 0) is 30.3 Å². The van der Waals surface area contributed by atoms with E-state index in [0.717, 1.165) is 18.2 Å². The van der Waals surface area contributed by atoms with Crippen LogP contribution in [0.5, 0.6) is 5.75 Å². The molecule has 9 nitrogen and oxygen atoms in total. The quantitative estimate of drug-likeness (QED) is 0.553. The summed E-state index contributed by atoms with van der Waals surface area (Å²) in [5.41, 5.74) is -1.15. The number of aromatic carboxylic acids is 4. The highest BCUT2D eigenvalue weighted by Gasteiger charge is 2.16. The number of aromatic hydroxyl groups is 1. The lowest BCUT2D eigenvalue weighted by Crippen LogP contribution is -2.07. The van der Waals surface area contributed by atoms with E-state index in [2.05, 4.69) is 0 Å². The second kappa shape index (κ2) is 8.11. The highest BCUT2D eigenvalue weighted by molar-refractivity contribution is 6.02. The molecule has 2 aromatic rings. The van der Waals surface area contributed by atoms with Crippen molar-refractivity contribution in [3.8, 4) is 5.75 Å². The third kappa shape index (κ3) is 5.06. The summed E-state index contributed by atoms with van der Waals surface area (Å²) in [5, 5.41) is 43.1. The molecule has 0 atom stereocenters. The average molecular weight is 348 g/mol. The monoisotopic (exact) mass is 348 g/mol. The minimum absolute atomic E-state index is 0.190. The van der Waals surface area contributed by atoms with Crippen molar-refractivity contribution < 1.29 is 44.7 Å². The van der Waals surface area contributed by atoms with E-state index in [9.17, 15) is 19.2 Å². The van der Waals surface area contributed by atoms with Crippen molar-refractivity contribution in [2.45, 2.75) is 0 Å². The highest BCUT2D eigenvalue weighted by atomic mass is 16.4. The first-order valence-electron chi connectivity index (χ1n) is 6.50. The predicted molar refractivity (Wildman–Crippen MR) is 82.4 cm³/mol. The number of phenolic OH excluding ortho intramolecular Hbond substituents is 1. The number of benzene rings is 2. The Morgan fingerprint density at radius 1 is 0.560 bits per heavy atom. The maximum Gasteiger partial charge on any atom is 0.336 e. The molecule has 0 heterocycles. The maximum absolute atomic E-state index is 10.5. The first kappa shape index (κ1) is 19.2. The van der Waals surface area contributed by atoms with E-state index in [1.807, 2.05) is 0 Å². The van der Waals surface area contributed by atoms with Crippen molar-refractivity contribution in [2.24, 2.45) is 0 Å². The lowest BCUT2D eigenvalue weighted by molar-refractivity contribution is 0.0651. The molecule has 0 aliphatic rings. The third-order valence-electron chi connectivity index (χ3n) is 2.85. The molecule has 0 spiro atoms. The Hall–Kier alpha value is -3.88. The largest absolute Gasteiger partial charge is 0.508 e. The smallest absolute Gasteiger partial charge is 0.336 e. The van der Waals surface area contributed by atoms with Crippen molar-refractivity contribution in [3.05, 3.63) is 64.7 Å². The summed E-state index contributed by atoms with van der Waals surface area (Å²) >= 11 is 0. The standard InChI is InChI=1S/C8H6O5.C8H6O4/c9-4-1-2-5(7(10)11)6(3-4)8(12)13;9-7(10)5-3-1-2-4-6(5)8(11)12/h1-3,9H,(H,10,11)(H,12,13);1-4H,(H,9,10)(H,11,12). The number of carboxylic acid groups (broad SMARTS) is 4. The average Bonchev–Trinajstić information content (AvgIpc) is 2.54. The summed E-state index contributed by atoms with van der Waals surface area (Å²) in [6.07, 6.45) is 0. The van der Waals surface area contributed by atoms with Crippen molar-refractivity contribution >= 4 is 23.9 Å². The van der Waals surface area contributed by atoms with Gasteiger partial charge in [-0.2, -0.15) is 0 Å². The van der Waals surface area contributed by atoms with Crippen LogP contribution in [0.25, 0.3) is 0 Å². The lowest BCUT2D eigenvalue weighted by atomic mass is 10.1. The van der Waals surface area contributed by atoms with E-state index < -0.39 is 29.4 Å². The number of carbonyl (C=O) groups is 4. The van der Waals surface area contributed by atoms with Crippen LogP contribution in [0.3, 0.4) is 0 Å². The fraction of sp³-hybridized carbons (Fsp3) is 0. The number of hydrogen-bond acceptors (Lipinski definition) is 5. The Labute approximate surface area is 140 Å². The van der Waals surface area contributed by atoms with Crippen LogP contribution in [0.15, 0.2) is 42.5 Å². The molecule has 130 valence electrons. The Morgan fingerprint density at radius 3 is 1.28 bits per heavy atom. The molecule has 0 fully saturated rings. The van der Waals surface area contributed by atoms with Crippen molar-refractivity contribution in [1.29, 1.82) is 0 Å². The summed E-state index contributed by atoms with van der Waals surface area (Å²) in [7, 11) is 0. The fourth-order valence-electron chi connectivity index (χ4n) is 1.75. The molecule has 5 N–H and O–H groups in total. The Kier molecular flexibility index (Phi) is 6.22. The van der Waals surface area contributed by atoms with E-state index in [0.29, 0.717) is 0 Å². The van der Waals surface area contributed by atoms with E-state index in [-0.39, 0.29) is 22.4 Å². The summed E-state index contributed by atoms with van der Waals surface area (Å²) in [6, 6.07) is 8.53. The molecule has 0 unspecified atom stereocenters. The molecule has 0 bridgehead atoms. The van der Waals surface area contributed by atoms with Crippen LogP contribution in [0.1, 0.15) is 41.4 Å². The van der Waals surface area contributed by atoms with Gasteiger partial charge in [0.1, 0.15) is 5.75 Å². The molecule has 2 aromatic carbocycles. The minimum Gasteiger partial charge on any atom is -0.508 e. The van der Waals surface area contributed by atoms with Gasteiger partial charge in [-0.15, -0.1) is 0 Å². The summed E-state index contributed by atoms with van der Waals surface area (Å²) in [4.78, 5) is 41.9. The van der Waals surface area contributed by atoms with E-state index in [4.69, 9.17) is 25.5 Å². The number of carboxylic acids is 4. The normalized spacial score (nSPS) is 9.44. The van der Waals surface area contributed by atoms with Crippen LogP contribution < -0.4 is 0 Å². The predicted octanol–water partition coefficient (Wildman–Crippen LogP) is 1.87. The number of hydrogen-bond donors (Lipinski definition) is 5. The zero-order valence-corrected chi connectivity index (χ0v) is 12.4. The molecular formula is C16H12O9. The summed E-state index contributed by atoms with van der Waals surface area (Å²) < 4.78 is 0. The second-order valence-electron chi connectivity index (χ2n) is 4.50. The van der Waals surface area contributed by atoms with Crippen LogP contribution in [0.4, 0.5) is 0 Å². The van der Waals surface area contributed by atoms with Crippen LogP contribution in [0.2, 0.25) is 0 Å². The SMILES string of the molecule is O=C(O)c1ccc(O)cc1C(=O)O.O=C(O)c1ccccc1C(=O)O. The van der Waals surface area contributed by atoms with Crippen LogP contribution >= 0.6 is 0 Å². The Morgan fingerprint density at radius 2 is 0.920 bits per heavy atom. The molecule has 0 aromatic heterocycles. The Bertz CT molecular complexity index is 806. The molecule has 0 aliphatic heterocycles. The molecule has 0 saturated heterocycles. The molecule has 0 amide bonds. The number of phenols is 1. The van der Waals surface area contributed by atoms with Crippen molar-refractivity contribution in [3.63, 3.8) is 0 Å². The van der Waals surface area contributed by atoms with Crippen molar-refractivity contribution in [1.82, 2.24) is 0 Å². The van der Waals surface area contributed by atoms with Gasteiger partial charge in [0.25, 0.3) is 0 Å². The zero-order valence-electron chi connectivity index (χ0n) is 12.4. The first-order chi connectivity index (χ1) is 11.6. The molecule has 0 radical (unpaired) electrons. The van der Waals surface area contributed by atoms with Gasteiger partial charge in [0, 0.05) is 0 Å². The molecule has 25 heavy (non-hydrogen) atoms. The van der Waals surface area contributed by atoms with E-state index in [1.54, 1.807) is 0 Å². The summed E-state index contributed by atoms with van der Waals surface area (Å²) in [5.74, 6) is -5.45. The third-order valence-corrected chi connectivity index (χ3v) is 2.85. The van der Waals surface area contributed by atoms with Gasteiger partial charge >= 0.3 is 23.9 Å². The molecule has 0 saturated carbocycles. The van der Waals surface area contributed by atoms with Crippen LogP contribution in [-0.4, -0.2) is 49.4 Å². The van der Waals surface area contributed by atoms with E-state index in [1.165, 1.54) is 24.3 Å². The van der Waals surface area contributed by atoms with Crippen molar-refractivity contribution in [2.75, 3.05) is 0 Å². The maximum atomic E-state index is 10.5. The second-order valence-corrected chi connectivity index (χ2v) is 4.50. The molecule has 0 aliphatic carbocycles. The first-order valence-corrected chi connectivity index (χ1v) is 6.50. The molecular weight excluding hydrogens is 336 g/mol. The van der Waals surface area contributed by atoms with Crippen LogP contribution in [-0.2, 0) is 0 Å². The highest BCUT2D eigenvalue weighted by Crippen LogP contribution is 2.16. The van der Waals surface area contributed by atoms with E-state index >= 15 is 0 Å². The van der Waals surface area contributed by atoms with Crippen LogP contribution in [0, 0.1) is 0 Å². The van der Waals surface area contributed by atoms with Gasteiger partial charge in [0.05, 0.1) is 22.3 Å². The minimum atomic E-state index is -1.38. The fourth-order valence-corrected chi connectivity index (χ4v) is 1.75. The van der Waals surface area contributed by atoms with Gasteiger partial charge in [-0.25, -0.2) is 19.2 Å². The van der Waals surface area contributed by atoms with Gasteiger partial charge < -0.3 is 25.5 Å². The Balaban J connectivity index is 0.000000251. The zero-order chi connectivity index (χ0) is 19.1. The lowest BCUT2D eigenvalue weighted by Gasteiger charge is -2.00. The van der Waals surface area contributed by atoms with Gasteiger partial charge in [0.15, 0.2) is 0 Å². The topological polar surface area (TPSA) is 169 Å². The molecule has 2 rings (SSSR count).